The molecule has 2 fully saturated rings. The van der Waals surface area contributed by atoms with Crippen LogP contribution in [0, 0.1) is 10.1 Å². The summed E-state index contributed by atoms with van der Waals surface area (Å²) in [6.07, 6.45) is 3.62. The normalized spacial score (nSPS) is 20.4. The first kappa shape index (κ1) is 16.7. The van der Waals surface area contributed by atoms with E-state index in [1.165, 1.54) is 13.2 Å². The quantitative estimate of drug-likeness (QED) is 0.467. The summed E-state index contributed by atoms with van der Waals surface area (Å²) < 4.78 is 4.96. The molecule has 7 heteroatoms. The smallest absolute Gasteiger partial charge is 0.326 e. The molecule has 1 aromatic rings. The van der Waals surface area contributed by atoms with Crippen molar-refractivity contribution in [2.45, 2.75) is 37.3 Å². The van der Waals surface area contributed by atoms with Crippen LogP contribution >= 0.6 is 0 Å². The number of carbonyl (C=O) groups is 1. The standard InChI is InChI=1S/C17H23N3O4/c1-18(14-4-3-5-15(12-14)20(22)23)13-6-10-19(11-7-13)17(8-9-17)16(21)24-2/h3-5,12-13H,6-11H2,1-2H3. The van der Waals surface area contributed by atoms with Gasteiger partial charge in [-0.05, 0) is 31.7 Å². The predicted octanol–water partition coefficient (Wildman–Crippen LogP) is 2.20. The van der Waals surface area contributed by atoms with Crippen LogP contribution in [0.1, 0.15) is 25.7 Å². The van der Waals surface area contributed by atoms with Crippen molar-refractivity contribution in [2.75, 3.05) is 32.1 Å². The van der Waals surface area contributed by atoms with Gasteiger partial charge in [0.2, 0.25) is 0 Å². The van der Waals surface area contributed by atoms with Crippen LogP contribution in [0.3, 0.4) is 0 Å². The van der Waals surface area contributed by atoms with E-state index in [4.69, 9.17) is 4.74 Å². The Morgan fingerprint density at radius 2 is 2.04 bits per heavy atom. The largest absolute Gasteiger partial charge is 0.468 e. The van der Waals surface area contributed by atoms with Gasteiger partial charge >= 0.3 is 5.97 Å². The Hall–Kier alpha value is -2.15. The number of piperidine rings is 1. The lowest BCUT2D eigenvalue weighted by Gasteiger charge is -2.40. The number of anilines is 1. The summed E-state index contributed by atoms with van der Waals surface area (Å²) in [5.41, 5.74) is 0.584. The molecule has 7 nitrogen and oxygen atoms in total. The van der Waals surface area contributed by atoms with Gasteiger partial charge in [0.05, 0.1) is 12.0 Å². The number of benzene rings is 1. The van der Waals surface area contributed by atoms with E-state index in [0.29, 0.717) is 6.04 Å². The Kier molecular flexibility index (Phi) is 4.45. The van der Waals surface area contributed by atoms with Crippen LogP contribution in [-0.2, 0) is 9.53 Å². The van der Waals surface area contributed by atoms with Crippen LogP contribution in [0.25, 0.3) is 0 Å². The maximum Gasteiger partial charge on any atom is 0.326 e. The van der Waals surface area contributed by atoms with Gasteiger partial charge in [-0.1, -0.05) is 6.07 Å². The van der Waals surface area contributed by atoms with Crippen molar-refractivity contribution in [3.05, 3.63) is 34.4 Å². The molecule has 1 aliphatic carbocycles. The topological polar surface area (TPSA) is 75.9 Å². The zero-order chi connectivity index (χ0) is 17.3. The second-order valence-electron chi connectivity index (χ2n) is 6.63. The Bertz CT molecular complexity index is 636. The summed E-state index contributed by atoms with van der Waals surface area (Å²) in [6, 6.07) is 7.05. The van der Waals surface area contributed by atoms with Crippen LogP contribution in [0.2, 0.25) is 0 Å². The number of likely N-dealkylation sites (tertiary alicyclic amines) is 1. The fourth-order valence-electron chi connectivity index (χ4n) is 3.68. The molecular formula is C17H23N3O4. The SMILES string of the molecule is COC(=O)C1(N2CCC(N(C)c3cccc([N+](=O)[O-])c3)CC2)CC1. The van der Waals surface area contributed by atoms with E-state index in [0.717, 1.165) is 44.5 Å². The van der Waals surface area contributed by atoms with Gasteiger partial charge in [-0.25, -0.2) is 0 Å². The number of nitrogens with zero attached hydrogens (tertiary/aromatic N) is 3. The fraction of sp³-hybridized carbons (Fsp3) is 0.588. The van der Waals surface area contributed by atoms with Gasteiger partial charge < -0.3 is 9.64 Å². The van der Waals surface area contributed by atoms with E-state index in [1.807, 2.05) is 13.1 Å². The molecule has 0 radical (unpaired) electrons. The lowest BCUT2D eigenvalue weighted by molar-refractivity contribution is -0.384. The third-order valence-corrected chi connectivity index (χ3v) is 5.35. The summed E-state index contributed by atoms with van der Waals surface area (Å²) in [6.45, 7) is 1.69. The molecule has 0 amide bonds. The van der Waals surface area contributed by atoms with Crippen molar-refractivity contribution in [1.29, 1.82) is 0 Å². The van der Waals surface area contributed by atoms with Crippen molar-refractivity contribution in [3.63, 3.8) is 0 Å². The van der Waals surface area contributed by atoms with Crippen molar-refractivity contribution in [2.24, 2.45) is 0 Å². The molecule has 0 atom stereocenters. The van der Waals surface area contributed by atoms with Gasteiger partial charge in [-0.2, -0.15) is 0 Å². The first-order chi connectivity index (χ1) is 11.5. The van der Waals surface area contributed by atoms with E-state index >= 15 is 0 Å². The van der Waals surface area contributed by atoms with Crippen molar-refractivity contribution in [3.8, 4) is 0 Å². The van der Waals surface area contributed by atoms with Crippen molar-refractivity contribution < 1.29 is 14.5 Å². The highest BCUT2D eigenvalue weighted by Gasteiger charge is 2.56. The minimum Gasteiger partial charge on any atom is -0.468 e. The molecule has 0 bridgehead atoms. The monoisotopic (exact) mass is 333 g/mol. The Morgan fingerprint density at radius 1 is 1.38 bits per heavy atom. The highest BCUT2D eigenvalue weighted by Crippen LogP contribution is 2.44. The average molecular weight is 333 g/mol. The average Bonchev–Trinajstić information content (AvgIpc) is 3.42. The van der Waals surface area contributed by atoms with Gasteiger partial charge in [0, 0.05) is 44.0 Å². The number of rotatable bonds is 5. The molecular weight excluding hydrogens is 310 g/mol. The lowest BCUT2D eigenvalue weighted by atomic mass is 10.0. The second-order valence-corrected chi connectivity index (χ2v) is 6.63. The summed E-state index contributed by atoms with van der Waals surface area (Å²) in [4.78, 5) is 26.9. The highest BCUT2D eigenvalue weighted by molar-refractivity contribution is 5.84. The molecule has 0 unspecified atom stereocenters. The zero-order valence-corrected chi connectivity index (χ0v) is 14.1. The number of carbonyl (C=O) groups excluding carboxylic acids is 1. The van der Waals surface area contributed by atoms with E-state index in [1.54, 1.807) is 12.1 Å². The molecule has 1 saturated carbocycles. The molecule has 130 valence electrons. The third kappa shape index (κ3) is 2.96. The minimum atomic E-state index is -0.385. The van der Waals surface area contributed by atoms with Gasteiger partial charge in [-0.15, -0.1) is 0 Å². The van der Waals surface area contributed by atoms with Gasteiger partial charge in [-0.3, -0.25) is 19.8 Å². The van der Waals surface area contributed by atoms with Gasteiger partial charge in [0.15, 0.2) is 0 Å². The van der Waals surface area contributed by atoms with E-state index in [-0.39, 0.29) is 22.1 Å². The lowest BCUT2D eigenvalue weighted by Crippen LogP contribution is -2.51. The third-order valence-electron chi connectivity index (χ3n) is 5.35. The number of hydrogen-bond donors (Lipinski definition) is 0. The number of nitro groups is 1. The molecule has 2 aliphatic rings. The van der Waals surface area contributed by atoms with Gasteiger partial charge in [0.1, 0.15) is 5.54 Å². The van der Waals surface area contributed by atoms with Crippen LogP contribution < -0.4 is 4.90 Å². The van der Waals surface area contributed by atoms with Crippen molar-refractivity contribution >= 4 is 17.3 Å². The summed E-state index contributed by atoms with van der Waals surface area (Å²) in [7, 11) is 3.43. The van der Waals surface area contributed by atoms with Crippen LogP contribution in [0.15, 0.2) is 24.3 Å². The van der Waals surface area contributed by atoms with Crippen molar-refractivity contribution in [1.82, 2.24) is 4.90 Å². The number of hydrogen-bond acceptors (Lipinski definition) is 6. The molecule has 1 heterocycles. The van der Waals surface area contributed by atoms with E-state index in [9.17, 15) is 14.9 Å². The van der Waals surface area contributed by atoms with E-state index in [2.05, 4.69) is 9.80 Å². The predicted molar refractivity (Wildman–Crippen MR) is 90.1 cm³/mol. The molecule has 3 rings (SSSR count). The maximum absolute atomic E-state index is 12.0. The molecule has 0 N–H and O–H groups in total. The molecule has 24 heavy (non-hydrogen) atoms. The fourth-order valence-corrected chi connectivity index (χ4v) is 3.68. The number of ether oxygens (including phenoxy) is 1. The Morgan fingerprint density at radius 3 is 2.58 bits per heavy atom. The zero-order valence-electron chi connectivity index (χ0n) is 14.1. The molecule has 0 aromatic heterocycles. The molecule has 1 aromatic carbocycles. The number of non-ortho nitro benzene ring substituents is 1. The number of methoxy groups -OCH3 is 1. The Balaban J connectivity index is 1.63. The summed E-state index contributed by atoms with van der Waals surface area (Å²) >= 11 is 0. The van der Waals surface area contributed by atoms with E-state index < -0.39 is 0 Å². The summed E-state index contributed by atoms with van der Waals surface area (Å²) in [5, 5.41) is 10.9. The highest BCUT2D eigenvalue weighted by atomic mass is 16.6. The van der Waals surface area contributed by atoms with Crippen LogP contribution in [0.5, 0.6) is 0 Å². The molecule has 1 saturated heterocycles. The van der Waals surface area contributed by atoms with Crippen LogP contribution in [0.4, 0.5) is 11.4 Å². The molecule has 0 spiro atoms. The maximum atomic E-state index is 12.0. The first-order valence-electron chi connectivity index (χ1n) is 8.29. The minimum absolute atomic E-state index is 0.111. The van der Waals surface area contributed by atoms with Gasteiger partial charge in [0.25, 0.3) is 5.69 Å². The summed E-state index contributed by atoms with van der Waals surface area (Å²) in [5.74, 6) is -0.118. The number of esters is 1. The Labute approximate surface area is 141 Å². The molecule has 1 aliphatic heterocycles. The van der Waals surface area contributed by atoms with Crippen LogP contribution in [-0.4, -0.2) is 54.6 Å². The number of nitro benzene ring substituents is 1. The second kappa shape index (κ2) is 6.39. The first-order valence-corrected chi connectivity index (χ1v) is 8.29.